The number of carbonyl (C=O) groups is 2. The summed E-state index contributed by atoms with van der Waals surface area (Å²) in [4.78, 5) is 39.8. The zero-order valence-corrected chi connectivity index (χ0v) is 49.9. The van der Waals surface area contributed by atoms with Crippen molar-refractivity contribution in [2.24, 2.45) is 56.2 Å². The van der Waals surface area contributed by atoms with Crippen LogP contribution in [0.1, 0.15) is 208 Å². The Morgan fingerprint density at radius 3 is 2.33 bits per heavy atom. The van der Waals surface area contributed by atoms with E-state index in [0.29, 0.717) is 49.3 Å². The van der Waals surface area contributed by atoms with E-state index < -0.39 is 50.3 Å². The lowest BCUT2D eigenvalue weighted by molar-refractivity contribution is -0.267. The topological polar surface area (TPSA) is 157 Å². The molecule has 0 radical (unpaired) electrons. The average Bonchev–Trinajstić information content (AvgIpc) is 4.20. The van der Waals surface area contributed by atoms with Gasteiger partial charge in [0.15, 0.2) is 5.78 Å². The fourth-order valence-electron chi connectivity index (χ4n) is 22.1. The first-order chi connectivity index (χ1) is 38.2. The van der Waals surface area contributed by atoms with Crippen molar-refractivity contribution >= 4 is 22.6 Å². The number of aliphatic hydroxyl groups is 2. The summed E-state index contributed by atoms with van der Waals surface area (Å²) in [5, 5.41) is 34.2. The van der Waals surface area contributed by atoms with Crippen molar-refractivity contribution in [1.82, 2.24) is 25.2 Å². The highest BCUT2D eigenvalue weighted by atomic mass is 16.6. The van der Waals surface area contributed by atoms with Crippen LogP contribution in [0.4, 0.5) is 0 Å². The normalized spacial score (nSPS) is 40.6. The first kappa shape index (κ1) is 54.1. The maximum absolute atomic E-state index is 16.2. The van der Waals surface area contributed by atoms with Gasteiger partial charge in [0, 0.05) is 85.1 Å². The van der Waals surface area contributed by atoms with Gasteiger partial charge in [-0.3, -0.25) is 9.59 Å². The van der Waals surface area contributed by atoms with E-state index in [2.05, 4.69) is 124 Å². The number of benzene rings is 1. The molecular weight excluding hydrogens is 995 g/mol. The largest absolute Gasteiger partial charge is 0.392 e. The molecule has 2 bridgehead atoms. The second-order valence-electron chi connectivity index (χ2n) is 30.2. The Kier molecular flexibility index (Phi) is 12.7. The number of hydrogen-bond acceptors (Lipinski definition) is 8. The maximum Gasteiger partial charge on any atom is 0.160 e. The number of ketones is 2. The summed E-state index contributed by atoms with van der Waals surface area (Å²) < 4.78 is 14.6. The van der Waals surface area contributed by atoms with Crippen LogP contribution in [0.3, 0.4) is 0 Å². The summed E-state index contributed by atoms with van der Waals surface area (Å²) >= 11 is 0. The Balaban J connectivity index is 0.952. The first-order valence-electron chi connectivity index (χ1n) is 32.0. The van der Waals surface area contributed by atoms with E-state index in [4.69, 9.17) is 9.47 Å². The summed E-state index contributed by atoms with van der Waals surface area (Å²) in [7, 11) is 4.09. The summed E-state index contributed by atoms with van der Waals surface area (Å²) in [5.41, 5.74) is 10.1. The van der Waals surface area contributed by atoms with Crippen LogP contribution < -0.4 is 10.6 Å². The van der Waals surface area contributed by atoms with Crippen LogP contribution >= 0.6 is 0 Å². The molecule has 6 N–H and O–H groups in total. The number of nitrogens with zero attached hydrogens (tertiary/aromatic N) is 1. The molecule has 2 saturated heterocycles. The zero-order chi connectivity index (χ0) is 55.7. The molecule has 11 heteroatoms. The molecular formula is C69H95N5O6. The van der Waals surface area contributed by atoms with Gasteiger partial charge in [0.2, 0.25) is 0 Å². The monoisotopic (exact) mass is 1090 g/mol. The third kappa shape index (κ3) is 7.49. The number of aryl methyl sites for hydroxylation is 1. The second kappa shape index (κ2) is 18.8. The van der Waals surface area contributed by atoms with Crippen molar-refractivity contribution in [3.63, 3.8) is 0 Å². The van der Waals surface area contributed by atoms with Crippen molar-refractivity contribution in [3.05, 3.63) is 93.1 Å². The number of aromatic nitrogens is 3. The molecule has 80 heavy (non-hydrogen) atoms. The molecule has 1 aromatic carbocycles. The van der Waals surface area contributed by atoms with Crippen LogP contribution in [0.25, 0.3) is 11.0 Å². The van der Waals surface area contributed by atoms with E-state index in [-0.39, 0.29) is 41.5 Å². The molecule has 7 fully saturated rings. The highest BCUT2D eigenvalue weighted by Gasteiger charge is 2.81. The Labute approximate surface area is 476 Å². The molecule has 4 aromatic rings. The summed E-state index contributed by atoms with van der Waals surface area (Å²) in [6.07, 6.45) is 20.9. The van der Waals surface area contributed by atoms with Gasteiger partial charge in [0.05, 0.1) is 34.8 Å². The molecule has 15 unspecified atom stereocenters. The number of ether oxygens (including phenoxy) is 2. The molecule has 5 saturated carbocycles. The zero-order valence-electron chi connectivity index (χ0n) is 49.9. The highest BCUT2D eigenvalue weighted by Crippen LogP contribution is 2.84. The summed E-state index contributed by atoms with van der Waals surface area (Å²) in [6, 6.07) is 9.87. The minimum Gasteiger partial charge on any atom is -0.392 e. The smallest absolute Gasteiger partial charge is 0.160 e. The van der Waals surface area contributed by atoms with Crippen molar-refractivity contribution in [2.75, 3.05) is 40.4 Å². The third-order valence-electron chi connectivity index (χ3n) is 26.0. The second-order valence-corrected chi connectivity index (χ2v) is 30.2. The number of allylic oxidation sites excluding steroid dienone is 1. The number of carbonyl (C=O) groups excluding carboxylic acids is 2. The van der Waals surface area contributed by atoms with Crippen LogP contribution in [0.15, 0.2) is 54.0 Å². The molecule has 11 nitrogen and oxygen atoms in total. The maximum atomic E-state index is 16.2. The number of aliphatic hydroxyl groups excluding tert-OH is 2. The van der Waals surface area contributed by atoms with Crippen molar-refractivity contribution in [1.29, 1.82) is 0 Å². The predicted octanol–water partition coefficient (Wildman–Crippen LogP) is 11.7. The third-order valence-corrected chi connectivity index (χ3v) is 26.0. The van der Waals surface area contributed by atoms with Gasteiger partial charge in [-0.1, -0.05) is 72.1 Å². The Morgan fingerprint density at radius 2 is 1.61 bits per heavy atom. The van der Waals surface area contributed by atoms with Crippen LogP contribution in [-0.4, -0.2) is 101 Å². The quantitative estimate of drug-likeness (QED) is 0.0766. The summed E-state index contributed by atoms with van der Waals surface area (Å²) in [5.74, 6) is 1.49. The van der Waals surface area contributed by atoms with Crippen molar-refractivity contribution < 1.29 is 29.3 Å². The van der Waals surface area contributed by atoms with Gasteiger partial charge in [-0.25, -0.2) is 0 Å². The van der Waals surface area contributed by atoms with E-state index in [1.807, 2.05) is 7.05 Å². The number of fused-ring (bicyclic) bond motifs is 8. The number of rotatable bonds is 12. The van der Waals surface area contributed by atoms with E-state index in [1.54, 1.807) is 0 Å². The van der Waals surface area contributed by atoms with Gasteiger partial charge in [-0.15, -0.1) is 0 Å². The summed E-state index contributed by atoms with van der Waals surface area (Å²) in [6.45, 7) is 20.1. The average molecular weight is 1090 g/mol. The highest BCUT2D eigenvalue weighted by molar-refractivity contribution is 6.02. The number of hydrogen-bond donors (Lipinski definition) is 6. The molecule has 3 aromatic heterocycles. The van der Waals surface area contributed by atoms with Crippen LogP contribution in [0.5, 0.6) is 0 Å². The van der Waals surface area contributed by atoms with Gasteiger partial charge < -0.3 is 44.9 Å². The molecule has 10 aliphatic rings. The molecule has 14 rings (SSSR count). The van der Waals surface area contributed by atoms with E-state index in [0.717, 1.165) is 95.2 Å². The SMILES string of the molecule is CNCCC1(C)C(=O)C2c3cc[nH]c3C3CC2(CC3CNC)C2(C)C1CCC1(C)C2C(O)C2Cn3cc(Cc4cc(C5CCCCC5)cc(C5CCOCC5)c4)c4[nH]cc(c43)CCC(C)(CC(O)C3OC3(C)C)C3=C2C1(C)CC3=O. The van der Waals surface area contributed by atoms with Crippen LogP contribution in [0, 0.1) is 56.2 Å². The fourth-order valence-corrected chi connectivity index (χ4v) is 22.1. The minimum atomic E-state index is -0.806. The molecule has 7 aliphatic carbocycles. The van der Waals surface area contributed by atoms with Gasteiger partial charge in [-0.2, -0.15) is 0 Å². The molecule has 3 aliphatic heterocycles. The van der Waals surface area contributed by atoms with Gasteiger partial charge >= 0.3 is 0 Å². The van der Waals surface area contributed by atoms with Gasteiger partial charge in [-0.05, 0) is 214 Å². The van der Waals surface area contributed by atoms with Gasteiger partial charge in [0.1, 0.15) is 11.9 Å². The lowest BCUT2D eigenvalue weighted by Gasteiger charge is -2.76. The molecule has 15 atom stereocenters. The predicted molar refractivity (Wildman–Crippen MR) is 314 cm³/mol. The van der Waals surface area contributed by atoms with Gasteiger partial charge in [0.25, 0.3) is 0 Å². The first-order valence-corrected chi connectivity index (χ1v) is 32.0. The standard InChI is InChI=1S/C69H95N5O6/c1-63(2)62(80-63)51(76)33-64(3)20-15-42-36-73-56-45(29-39-27-43(40-13-11-10-12-14-40)30-44(28-39)41-18-25-79-26-19-41)37-74(58(42)56)38-49-53-55(64)50(75)34-67(53,6)66(5)21-16-52-65(4,22-24-70-8)61(78)54-47-17-23-72-57(47)48-32-69(54,31-46(48)35-71-9)68(52,7)60(66)59(49)77/h17,23,27-28,30,36-37,40-41,46,48-49,51-52,54,59-60,62,70-73,76-77H,10-16,18-22,24-26,29,31-35,38H2,1-9H3. The molecule has 0 amide bonds. The fraction of sp³-hybridized carbons (Fsp3) is 0.710. The Bertz CT molecular complexity index is 3110. The number of H-pyrrole nitrogens is 2. The van der Waals surface area contributed by atoms with E-state index in [1.165, 1.54) is 82.2 Å². The number of Topliss-reactive ketones (excluding diaryl/α,β-unsaturated/α-hetero) is 2. The van der Waals surface area contributed by atoms with Crippen LogP contribution in [0.2, 0.25) is 0 Å². The van der Waals surface area contributed by atoms with Crippen molar-refractivity contribution in [2.45, 2.75) is 212 Å². The van der Waals surface area contributed by atoms with E-state index in [9.17, 15) is 10.2 Å². The molecule has 1 spiro atoms. The number of epoxide rings is 1. The van der Waals surface area contributed by atoms with Crippen molar-refractivity contribution in [3.8, 4) is 0 Å². The van der Waals surface area contributed by atoms with Crippen LogP contribution in [-0.2, 0) is 38.4 Å². The minimum absolute atomic E-state index is 0.0402. The van der Waals surface area contributed by atoms with E-state index >= 15 is 9.59 Å². The lowest BCUT2D eigenvalue weighted by Crippen LogP contribution is -2.74. The molecule has 6 heterocycles. The number of aromatic amines is 2. The molecule has 432 valence electrons. The number of nitrogens with one attached hydrogen (secondary N) is 4. The Morgan fingerprint density at radius 1 is 0.875 bits per heavy atom. The Hall–Kier alpha value is -3.84. The lowest BCUT2D eigenvalue weighted by atomic mass is 9.28.